The van der Waals surface area contributed by atoms with Crippen molar-refractivity contribution in [3.63, 3.8) is 0 Å². The lowest BCUT2D eigenvalue weighted by atomic mass is 9.81. The van der Waals surface area contributed by atoms with Crippen molar-refractivity contribution >= 4 is 40.2 Å². The van der Waals surface area contributed by atoms with Crippen LogP contribution in [0, 0.1) is 23.7 Å². The van der Waals surface area contributed by atoms with Crippen molar-refractivity contribution in [1.29, 1.82) is 0 Å². The number of benzene rings is 3. The summed E-state index contributed by atoms with van der Waals surface area (Å²) in [5.74, 6) is -0.729. The van der Waals surface area contributed by atoms with E-state index in [1.54, 1.807) is 48.5 Å². The molecule has 7 heteroatoms. The van der Waals surface area contributed by atoms with Crippen LogP contribution >= 0.6 is 0 Å². The molecule has 4 unspecified atom stereocenters. The highest BCUT2D eigenvalue weighted by molar-refractivity contribution is 6.22. The Morgan fingerprint density at radius 3 is 2.17 bits per heavy atom. The lowest BCUT2D eigenvalue weighted by Gasteiger charge is -2.19. The van der Waals surface area contributed by atoms with Crippen molar-refractivity contribution < 1.29 is 23.9 Å². The van der Waals surface area contributed by atoms with Gasteiger partial charge in [0.2, 0.25) is 11.8 Å². The monoisotopic (exact) mass is 530 g/mol. The molecule has 3 fully saturated rings. The quantitative estimate of drug-likeness (QED) is 0.186. The number of anilines is 1. The van der Waals surface area contributed by atoms with Crippen LogP contribution in [0.5, 0.6) is 0 Å². The van der Waals surface area contributed by atoms with Crippen LogP contribution in [0.1, 0.15) is 40.0 Å². The number of Topliss-reactive ketones (excluding diaryl/α,β-unsaturated/α-hetero) is 1. The lowest BCUT2D eigenvalue weighted by Crippen LogP contribution is -2.32. The van der Waals surface area contributed by atoms with Crippen molar-refractivity contribution in [3.05, 3.63) is 96.1 Å². The average molecular weight is 531 g/mol. The molecule has 40 heavy (non-hydrogen) atoms. The summed E-state index contributed by atoms with van der Waals surface area (Å²) in [6, 6.07) is 24.8. The lowest BCUT2D eigenvalue weighted by molar-refractivity contribution is -0.123. The van der Waals surface area contributed by atoms with E-state index in [4.69, 9.17) is 9.72 Å². The first-order chi connectivity index (χ1) is 19.5. The summed E-state index contributed by atoms with van der Waals surface area (Å²) in [7, 11) is 0. The molecule has 7 nitrogen and oxygen atoms in total. The van der Waals surface area contributed by atoms with Crippen LogP contribution in [0.15, 0.2) is 84.9 Å². The number of fused-ring (bicyclic) bond motifs is 6. The summed E-state index contributed by atoms with van der Waals surface area (Å²) < 4.78 is 5.41. The number of pyridine rings is 1. The molecule has 1 aromatic heterocycles. The van der Waals surface area contributed by atoms with Gasteiger partial charge in [-0.25, -0.2) is 9.78 Å². The second kappa shape index (κ2) is 9.52. The Bertz CT molecular complexity index is 1650. The van der Waals surface area contributed by atoms with E-state index in [1.807, 2.05) is 36.4 Å². The van der Waals surface area contributed by atoms with Crippen molar-refractivity contribution in [2.45, 2.75) is 19.3 Å². The minimum Gasteiger partial charge on any atom is -0.454 e. The van der Waals surface area contributed by atoms with Crippen molar-refractivity contribution in [1.82, 2.24) is 4.98 Å². The predicted octanol–water partition coefficient (Wildman–Crippen LogP) is 5.48. The van der Waals surface area contributed by atoms with Crippen LogP contribution in [0.2, 0.25) is 0 Å². The third kappa shape index (κ3) is 3.92. The maximum absolute atomic E-state index is 13.2. The molecule has 2 heterocycles. The minimum atomic E-state index is -0.616. The second-order valence-electron chi connectivity index (χ2n) is 10.9. The van der Waals surface area contributed by atoms with Gasteiger partial charge in [-0.15, -0.1) is 0 Å². The van der Waals surface area contributed by atoms with E-state index in [2.05, 4.69) is 0 Å². The molecule has 7 rings (SSSR count). The molecule has 1 aliphatic heterocycles. The summed E-state index contributed by atoms with van der Waals surface area (Å²) in [5.41, 5.74) is 3.22. The van der Waals surface area contributed by atoms with Crippen LogP contribution in [-0.2, 0) is 14.3 Å². The Labute approximate surface area is 230 Å². The van der Waals surface area contributed by atoms with Gasteiger partial charge < -0.3 is 4.74 Å². The molecule has 3 aliphatic rings. The van der Waals surface area contributed by atoms with Crippen LogP contribution in [0.4, 0.5) is 5.69 Å². The van der Waals surface area contributed by atoms with Gasteiger partial charge in [-0.1, -0.05) is 60.7 Å². The molecule has 0 spiro atoms. The zero-order chi connectivity index (χ0) is 27.4. The van der Waals surface area contributed by atoms with Crippen LogP contribution in [-0.4, -0.2) is 35.2 Å². The van der Waals surface area contributed by atoms with Gasteiger partial charge in [-0.3, -0.25) is 19.3 Å². The topological polar surface area (TPSA) is 93.6 Å². The molecule has 2 bridgehead atoms. The molecule has 2 amide bonds. The van der Waals surface area contributed by atoms with E-state index in [1.165, 1.54) is 4.90 Å². The number of ether oxygens (including phenoxy) is 1. The standard InChI is InChI=1S/C33H26N2O5/c36-28(20-6-2-1-3-7-20)18-40-33(39)25-17-27(34-26-9-5-4-8-24(25)26)19-12-14-23(15-13-19)35-31(37)29-21-10-11-22(16-21)30(29)32(35)38/h1-9,12-15,17,21-22,29-30H,10-11,16,18H2. The molecule has 0 radical (unpaired) electrons. The fraction of sp³-hybridized carbons (Fsp3) is 0.242. The maximum atomic E-state index is 13.2. The van der Waals surface area contributed by atoms with Crippen molar-refractivity contribution in [3.8, 4) is 11.3 Å². The first-order valence-electron chi connectivity index (χ1n) is 13.6. The molecule has 198 valence electrons. The third-order valence-electron chi connectivity index (χ3n) is 8.71. The highest BCUT2D eigenvalue weighted by atomic mass is 16.5. The number of amides is 2. The number of esters is 1. The fourth-order valence-electron chi connectivity index (χ4n) is 6.85. The Balaban J connectivity index is 1.16. The molecule has 3 aromatic carbocycles. The predicted molar refractivity (Wildman–Crippen MR) is 149 cm³/mol. The highest BCUT2D eigenvalue weighted by Gasteiger charge is 2.61. The zero-order valence-electron chi connectivity index (χ0n) is 21.7. The van der Waals surface area contributed by atoms with Gasteiger partial charge >= 0.3 is 5.97 Å². The normalized spacial score (nSPS) is 23.1. The minimum absolute atomic E-state index is 0.0751. The van der Waals surface area contributed by atoms with Crippen LogP contribution in [0.25, 0.3) is 22.2 Å². The summed E-state index contributed by atoms with van der Waals surface area (Å²) in [6.07, 6.45) is 3.07. The third-order valence-corrected chi connectivity index (χ3v) is 8.71. The van der Waals surface area contributed by atoms with Gasteiger partial charge in [0.05, 0.1) is 34.3 Å². The molecule has 0 N–H and O–H groups in total. The Kier molecular flexibility index (Phi) is 5.81. The van der Waals surface area contributed by atoms with Crippen LogP contribution < -0.4 is 4.90 Å². The molecular weight excluding hydrogens is 504 g/mol. The van der Waals surface area contributed by atoms with Gasteiger partial charge in [0.15, 0.2) is 12.4 Å². The number of imide groups is 1. The summed E-state index contributed by atoms with van der Waals surface area (Å²) >= 11 is 0. The van der Waals surface area contributed by atoms with Crippen molar-refractivity contribution in [2.75, 3.05) is 11.5 Å². The fourth-order valence-corrected chi connectivity index (χ4v) is 6.85. The van der Waals surface area contributed by atoms with Gasteiger partial charge in [0, 0.05) is 16.5 Å². The molecule has 2 aliphatic carbocycles. The van der Waals surface area contributed by atoms with E-state index >= 15 is 0 Å². The maximum Gasteiger partial charge on any atom is 0.339 e. The average Bonchev–Trinajstić information content (AvgIpc) is 3.69. The zero-order valence-corrected chi connectivity index (χ0v) is 21.7. The summed E-state index contributed by atoms with van der Waals surface area (Å²) in [6.45, 7) is -0.370. The Morgan fingerprint density at radius 1 is 0.825 bits per heavy atom. The highest BCUT2D eigenvalue weighted by Crippen LogP contribution is 2.56. The van der Waals surface area contributed by atoms with Crippen molar-refractivity contribution in [2.24, 2.45) is 23.7 Å². The largest absolute Gasteiger partial charge is 0.454 e. The molecular formula is C33H26N2O5. The van der Waals surface area contributed by atoms with E-state index in [9.17, 15) is 19.2 Å². The number of carbonyl (C=O) groups excluding carboxylic acids is 4. The van der Waals surface area contributed by atoms with Gasteiger partial charge in [-0.05, 0) is 55.4 Å². The number of hydrogen-bond acceptors (Lipinski definition) is 6. The summed E-state index contributed by atoms with van der Waals surface area (Å²) in [5, 5.41) is 0.620. The SMILES string of the molecule is O=C(COC(=O)c1cc(-c2ccc(N3C(=O)C4C5CCC(C5)C4C3=O)cc2)nc2ccccc12)c1ccccc1. The number of ketones is 1. The van der Waals surface area contributed by atoms with Gasteiger partial charge in [0.1, 0.15) is 0 Å². The van der Waals surface area contributed by atoms with E-state index in [0.717, 1.165) is 24.8 Å². The van der Waals surface area contributed by atoms with Gasteiger partial charge in [-0.2, -0.15) is 0 Å². The number of carbonyl (C=O) groups is 4. The first-order valence-corrected chi connectivity index (χ1v) is 13.6. The number of rotatable bonds is 6. The summed E-state index contributed by atoms with van der Waals surface area (Å²) in [4.78, 5) is 58.2. The molecule has 4 atom stereocenters. The number of nitrogens with zero attached hydrogens (tertiary/aromatic N) is 2. The van der Waals surface area contributed by atoms with Gasteiger partial charge in [0.25, 0.3) is 0 Å². The molecule has 1 saturated heterocycles. The molecule has 4 aromatic rings. The first kappa shape index (κ1) is 24.4. The van der Waals surface area contributed by atoms with E-state index in [0.29, 0.717) is 45.2 Å². The Morgan fingerprint density at radius 2 is 1.48 bits per heavy atom. The van der Waals surface area contributed by atoms with E-state index in [-0.39, 0.29) is 36.0 Å². The number of hydrogen-bond donors (Lipinski definition) is 0. The van der Waals surface area contributed by atoms with E-state index < -0.39 is 5.97 Å². The number of para-hydroxylation sites is 1. The smallest absolute Gasteiger partial charge is 0.339 e. The molecule has 2 saturated carbocycles. The second-order valence-corrected chi connectivity index (χ2v) is 10.9. The number of aromatic nitrogens is 1. The Hall–Kier alpha value is -4.65. The van der Waals surface area contributed by atoms with Crippen LogP contribution in [0.3, 0.4) is 0 Å².